The molecule has 0 amide bonds. The van der Waals surface area contributed by atoms with Crippen molar-refractivity contribution in [1.29, 1.82) is 0 Å². The van der Waals surface area contributed by atoms with Crippen molar-refractivity contribution in [3.63, 3.8) is 0 Å². The van der Waals surface area contributed by atoms with Crippen LogP contribution in [0.5, 0.6) is 11.6 Å². The highest BCUT2D eigenvalue weighted by Crippen LogP contribution is 2.29. The van der Waals surface area contributed by atoms with E-state index in [1.165, 1.54) is 29.2 Å². The highest BCUT2D eigenvalue weighted by molar-refractivity contribution is 6.12. The first-order chi connectivity index (χ1) is 16.7. The van der Waals surface area contributed by atoms with E-state index in [0.29, 0.717) is 16.9 Å². The Balaban J connectivity index is 1.45. The van der Waals surface area contributed by atoms with E-state index in [1.54, 1.807) is 13.0 Å². The van der Waals surface area contributed by atoms with Crippen molar-refractivity contribution >= 4 is 22.5 Å². The van der Waals surface area contributed by atoms with Gasteiger partial charge in [0.05, 0.1) is 29.3 Å². The maximum atomic E-state index is 13.9. The third kappa shape index (κ3) is 3.90. The van der Waals surface area contributed by atoms with E-state index in [1.807, 2.05) is 26.0 Å². The number of H-pyrrole nitrogens is 1. The number of rotatable bonds is 5. The van der Waals surface area contributed by atoms with Crippen molar-refractivity contribution in [2.75, 3.05) is 5.73 Å². The summed E-state index contributed by atoms with van der Waals surface area (Å²) in [6.07, 6.45) is 2.81. The van der Waals surface area contributed by atoms with Crippen LogP contribution in [0.15, 0.2) is 54.9 Å². The van der Waals surface area contributed by atoms with Crippen LogP contribution in [-0.4, -0.2) is 25.5 Å². The van der Waals surface area contributed by atoms with Crippen LogP contribution in [0, 0.1) is 32.4 Å². The molecule has 7 nitrogen and oxygen atoms in total. The average Bonchev–Trinajstić information content (AvgIpc) is 3.39. The second-order valence-electron chi connectivity index (χ2n) is 8.35. The van der Waals surface area contributed by atoms with Gasteiger partial charge < -0.3 is 15.5 Å². The van der Waals surface area contributed by atoms with Crippen molar-refractivity contribution in [2.45, 2.75) is 20.8 Å². The minimum atomic E-state index is -0.838. The Morgan fingerprint density at radius 3 is 2.43 bits per heavy atom. The largest absolute Gasteiger partial charge is 0.433 e. The SMILES string of the molecule is Cc1cc2cc(C(=O)c3cnn(-c4cnc(Oc5c(F)cccc5F)cc4C)c3N)[nH]c2cc1C. The topological polar surface area (TPSA) is 98.8 Å². The third-order valence-electron chi connectivity index (χ3n) is 5.94. The molecule has 0 aliphatic heterocycles. The highest BCUT2D eigenvalue weighted by atomic mass is 19.1. The summed E-state index contributed by atoms with van der Waals surface area (Å²) in [4.78, 5) is 20.5. The number of nitrogens with one attached hydrogen (secondary N) is 1. The van der Waals surface area contributed by atoms with Gasteiger partial charge in [0, 0.05) is 17.0 Å². The van der Waals surface area contributed by atoms with Gasteiger partial charge in [-0.1, -0.05) is 6.07 Å². The van der Waals surface area contributed by atoms with E-state index in [9.17, 15) is 13.6 Å². The van der Waals surface area contributed by atoms with Gasteiger partial charge in [0.25, 0.3) is 0 Å². The number of benzene rings is 2. The number of para-hydroxylation sites is 1. The van der Waals surface area contributed by atoms with Crippen LogP contribution in [0.3, 0.4) is 0 Å². The summed E-state index contributed by atoms with van der Waals surface area (Å²) in [7, 11) is 0. The van der Waals surface area contributed by atoms with Gasteiger partial charge in [-0.25, -0.2) is 18.4 Å². The lowest BCUT2D eigenvalue weighted by Gasteiger charge is -2.11. The normalized spacial score (nSPS) is 11.2. The van der Waals surface area contributed by atoms with Crippen LogP contribution >= 0.6 is 0 Å². The van der Waals surface area contributed by atoms with Gasteiger partial charge in [-0.2, -0.15) is 5.10 Å². The quantitative estimate of drug-likeness (QED) is 0.326. The number of fused-ring (bicyclic) bond motifs is 1. The van der Waals surface area contributed by atoms with Crippen molar-refractivity contribution in [3.05, 3.63) is 94.4 Å². The van der Waals surface area contributed by atoms with Gasteiger partial charge in [-0.3, -0.25) is 4.79 Å². The van der Waals surface area contributed by atoms with Gasteiger partial charge in [0.15, 0.2) is 11.6 Å². The summed E-state index contributed by atoms with van der Waals surface area (Å²) in [5.41, 5.74) is 11.2. The first-order valence-electron chi connectivity index (χ1n) is 10.8. The smallest absolute Gasteiger partial charge is 0.219 e. The number of nitrogen functional groups attached to an aromatic ring is 1. The van der Waals surface area contributed by atoms with Crippen LogP contribution in [0.25, 0.3) is 16.6 Å². The van der Waals surface area contributed by atoms with Gasteiger partial charge in [0.2, 0.25) is 17.4 Å². The van der Waals surface area contributed by atoms with Gasteiger partial charge in [0.1, 0.15) is 5.82 Å². The van der Waals surface area contributed by atoms with Crippen molar-refractivity contribution in [3.8, 4) is 17.3 Å². The molecule has 35 heavy (non-hydrogen) atoms. The van der Waals surface area contributed by atoms with Crippen molar-refractivity contribution < 1.29 is 18.3 Å². The van der Waals surface area contributed by atoms with E-state index < -0.39 is 17.4 Å². The Bertz CT molecular complexity index is 1560. The number of aryl methyl sites for hydroxylation is 3. The van der Waals surface area contributed by atoms with Crippen molar-refractivity contribution in [2.24, 2.45) is 0 Å². The number of pyridine rings is 1. The first-order valence-corrected chi connectivity index (χ1v) is 10.8. The molecule has 0 saturated carbocycles. The fourth-order valence-electron chi connectivity index (χ4n) is 3.88. The van der Waals surface area contributed by atoms with Gasteiger partial charge in [-0.15, -0.1) is 0 Å². The molecular formula is C26H21F2N5O2. The zero-order chi connectivity index (χ0) is 24.9. The molecule has 0 unspecified atom stereocenters. The molecular weight excluding hydrogens is 452 g/mol. The van der Waals surface area contributed by atoms with Crippen LogP contribution < -0.4 is 10.5 Å². The number of ketones is 1. The summed E-state index contributed by atoms with van der Waals surface area (Å²) in [6.45, 7) is 5.77. The van der Waals surface area contributed by atoms with Gasteiger partial charge >= 0.3 is 0 Å². The molecule has 5 aromatic rings. The van der Waals surface area contributed by atoms with E-state index in [-0.39, 0.29) is 23.0 Å². The second kappa shape index (κ2) is 8.35. The molecule has 9 heteroatoms. The molecule has 3 N–H and O–H groups in total. The molecule has 0 aliphatic carbocycles. The Morgan fingerprint density at radius 1 is 1.00 bits per heavy atom. The fourth-order valence-corrected chi connectivity index (χ4v) is 3.88. The Hall–Kier alpha value is -4.53. The van der Waals surface area contributed by atoms with Crippen LogP contribution in [0.4, 0.5) is 14.6 Å². The third-order valence-corrected chi connectivity index (χ3v) is 5.94. The lowest BCUT2D eigenvalue weighted by Crippen LogP contribution is -2.09. The Kier molecular flexibility index (Phi) is 5.32. The number of aromatic amines is 1. The standard InChI is InChI=1S/C26H21F2N5O2/c1-13-7-16-10-21(32-20(16)8-14(13)2)24(34)17-11-31-33(26(17)29)22-12-30-23(9-15(22)3)35-25-18(27)5-4-6-19(25)28/h4-12,32H,29H2,1-3H3. The zero-order valence-electron chi connectivity index (χ0n) is 19.2. The minimum absolute atomic E-state index is 0.000870. The first kappa shape index (κ1) is 22.3. The number of anilines is 1. The number of hydrogen-bond donors (Lipinski definition) is 2. The van der Waals surface area contributed by atoms with E-state index in [2.05, 4.69) is 15.1 Å². The molecule has 3 heterocycles. The van der Waals surface area contributed by atoms with E-state index >= 15 is 0 Å². The van der Waals surface area contributed by atoms with Crippen LogP contribution in [-0.2, 0) is 0 Å². The minimum Gasteiger partial charge on any atom is -0.433 e. The Morgan fingerprint density at radius 2 is 1.71 bits per heavy atom. The lowest BCUT2D eigenvalue weighted by atomic mass is 10.1. The molecule has 5 rings (SSSR count). The number of halogens is 2. The number of carbonyl (C=O) groups excluding carboxylic acids is 1. The number of hydrogen-bond acceptors (Lipinski definition) is 5. The van der Waals surface area contributed by atoms with Crippen molar-refractivity contribution in [1.82, 2.24) is 19.7 Å². The summed E-state index contributed by atoms with van der Waals surface area (Å²) in [5.74, 6) is -2.37. The molecule has 3 aromatic heterocycles. The number of ether oxygens (including phenoxy) is 1. The number of nitrogens with two attached hydrogens (primary N) is 1. The Labute approximate surface area is 199 Å². The molecule has 0 saturated heterocycles. The predicted octanol–water partition coefficient (Wildman–Crippen LogP) is 5.56. The molecule has 0 aliphatic rings. The average molecular weight is 473 g/mol. The summed E-state index contributed by atoms with van der Waals surface area (Å²) < 4.78 is 34.5. The monoisotopic (exact) mass is 473 g/mol. The molecule has 0 radical (unpaired) electrons. The van der Waals surface area contributed by atoms with Gasteiger partial charge in [-0.05, 0) is 67.8 Å². The second-order valence-corrected chi connectivity index (χ2v) is 8.35. The molecule has 176 valence electrons. The molecule has 2 aromatic carbocycles. The summed E-state index contributed by atoms with van der Waals surface area (Å²) >= 11 is 0. The fraction of sp³-hybridized carbons (Fsp3) is 0.115. The number of carbonyl (C=O) groups is 1. The summed E-state index contributed by atoms with van der Waals surface area (Å²) in [6, 6.07) is 10.8. The lowest BCUT2D eigenvalue weighted by molar-refractivity contribution is 0.103. The maximum Gasteiger partial charge on any atom is 0.219 e. The maximum absolute atomic E-state index is 13.9. The molecule has 0 bridgehead atoms. The van der Waals surface area contributed by atoms with Crippen LogP contribution in [0.2, 0.25) is 0 Å². The highest BCUT2D eigenvalue weighted by Gasteiger charge is 2.21. The molecule has 0 spiro atoms. The van der Waals surface area contributed by atoms with E-state index in [0.717, 1.165) is 34.2 Å². The predicted molar refractivity (Wildman–Crippen MR) is 128 cm³/mol. The number of nitrogens with zero attached hydrogens (tertiary/aromatic N) is 3. The summed E-state index contributed by atoms with van der Waals surface area (Å²) in [5, 5.41) is 5.21. The number of aromatic nitrogens is 4. The molecule has 0 atom stereocenters. The molecule has 0 fully saturated rings. The zero-order valence-corrected chi connectivity index (χ0v) is 19.2. The van der Waals surface area contributed by atoms with Crippen LogP contribution in [0.1, 0.15) is 32.7 Å². The van der Waals surface area contributed by atoms with E-state index in [4.69, 9.17) is 10.5 Å².